The average Bonchev–Trinajstić information content (AvgIpc) is 2.88. The fourth-order valence-electron chi connectivity index (χ4n) is 3.44. The Hall–Kier alpha value is -3.84. The van der Waals surface area contributed by atoms with Crippen LogP contribution >= 0.6 is 15.9 Å². The van der Waals surface area contributed by atoms with Crippen molar-refractivity contribution in [2.24, 2.45) is 5.10 Å². The standard InChI is InChI=1S/C27H23BrN2O4/c1-32-24-13-20-11-7-6-10-19(20)12-22(24)27(31)30-29-16-21-14-25(33-2)26(15-23(21)28)34-17-18-8-4-3-5-9-18/h3-16H,17H2,1-2H3,(H,30,31)/b29-16-. The Morgan fingerprint density at radius 3 is 2.26 bits per heavy atom. The quantitative estimate of drug-likeness (QED) is 0.230. The molecule has 0 radical (unpaired) electrons. The lowest BCUT2D eigenvalue weighted by Gasteiger charge is -2.13. The summed E-state index contributed by atoms with van der Waals surface area (Å²) in [5, 5.41) is 6.06. The molecule has 0 unspecified atom stereocenters. The zero-order valence-corrected chi connectivity index (χ0v) is 20.3. The monoisotopic (exact) mass is 518 g/mol. The normalized spacial score (nSPS) is 10.9. The Morgan fingerprint density at radius 2 is 1.56 bits per heavy atom. The highest BCUT2D eigenvalue weighted by molar-refractivity contribution is 9.10. The van der Waals surface area contributed by atoms with Crippen molar-refractivity contribution in [2.75, 3.05) is 14.2 Å². The molecule has 4 aromatic rings. The van der Waals surface area contributed by atoms with E-state index >= 15 is 0 Å². The van der Waals surface area contributed by atoms with Crippen LogP contribution in [0, 0.1) is 0 Å². The van der Waals surface area contributed by atoms with Gasteiger partial charge in [-0.2, -0.15) is 5.10 Å². The van der Waals surface area contributed by atoms with E-state index in [0.717, 1.165) is 26.4 Å². The van der Waals surface area contributed by atoms with Gasteiger partial charge in [0.2, 0.25) is 0 Å². The van der Waals surface area contributed by atoms with Crippen LogP contribution in [0.5, 0.6) is 17.2 Å². The molecule has 6 nitrogen and oxygen atoms in total. The smallest absolute Gasteiger partial charge is 0.275 e. The molecule has 0 aromatic heterocycles. The molecule has 0 fully saturated rings. The molecule has 4 rings (SSSR count). The van der Waals surface area contributed by atoms with Crippen LogP contribution in [0.3, 0.4) is 0 Å². The second-order valence-corrected chi connectivity index (χ2v) is 8.25. The number of hydrogen-bond acceptors (Lipinski definition) is 5. The summed E-state index contributed by atoms with van der Waals surface area (Å²) in [5.74, 6) is 1.27. The fourth-order valence-corrected chi connectivity index (χ4v) is 3.87. The summed E-state index contributed by atoms with van der Waals surface area (Å²) in [6, 6.07) is 24.9. The van der Waals surface area contributed by atoms with Gasteiger partial charge in [-0.15, -0.1) is 0 Å². The number of halogens is 1. The molecule has 0 aliphatic heterocycles. The number of nitrogens with one attached hydrogen (secondary N) is 1. The zero-order valence-electron chi connectivity index (χ0n) is 18.7. The van der Waals surface area contributed by atoms with Crippen LogP contribution in [0.4, 0.5) is 0 Å². The molecule has 172 valence electrons. The van der Waals surface area contributed by atoms with Crippen LogP contribution in [0.15, 0.2) is 88.4 Å². The predicted molar refractivity (Wildman–Crippen MR) is 137 cm³/mol. The third-order valence-corrected chi connectivity index (χ3v) is 5.89. The van der Waals surface area contributed by atoms with Crippen LogP contribution in [0.2, 0.25) is 0 Å². The minimum Gasteiger partial charge on any atom is -0.496 e. The fraction of sp³-hybridized carbons (Fsp3) is 0.111. The molecule has 7 heteroatoms. The first-order valence-corrected chi connectivity index (χ1v) is 11.3. The largest absolute Gasteiger partial charge is 0.496 e. The molecule has 0 heterocycles. The van der Waals surface area contributed by atoms with E-state index in [1.807, 2.05) is 66.7 Å². The lowest BCUT2D eigenvalue weighted by atomic mass is 10.1. The van der Waals surface area contributed by atoms with Gasteiger partial charge < -0.3 is 14.2 Å². The van der Waals surface area contributed by atoms with E-state index < -0.39 is 0 Å². The van der Waals surface area contributed by atoms with Gasteiger partial charge in [0.05, 0.1) is 26.0 Å². The number of amides is 1. The summed E-state index contributed by atoms with van der Waals surface area (Å²) < 4.78 is 17.6. The van der Waals surface area contributed by atoms with Gasteiger partial charge in [0.15, 0.2) is 11.5 Å². The molecular weight excluding hydrogens is 496 g/mol. The Kier molecular flexibility index (Phi) is 7.44. The first-order chi connectivity index (χ1) is 16.6. The number of carbonyl (C=O) groups is 1. The van der Waals surface area contributed by atoms with Gasteiger partial charge >= 0.3 is 0 Å². The highest BCUT2D eigenvalue weighted by atomic mass is 79.9. The molecule has 0 atom stereocenters. The van der Waals surface area contributed by atoms with Crippen LogP contribution in [0.1, 0.15) is 21.5 Å². The van der Waals surface area contributed by atoms with Crippen molar-refractivity contribution in [3.63, 3.8) is 0 Å². The van der Waals surface area contributed by atoms with Gasteiger partial charge in [-0.05, 0) is 56.5 Å². The number of benzene rings is 4. The SMILES string of the molecule is COc1cc(/C=N\NC(=O)c2cc3ccccc3cc2OC)c(Br)cc1OCc1ccccc1. The van der Waals surface area contributed by atoms with Crippen LogP contribution in [-0.4, -0.2) is 26.3 Å². The lowest BCUT2D eigenvalue weighted by Crippen LogP contribution is -2.18. The van der Waals surface area contributed by atoms with Crippen molar-refractivity contribution in [1.29, 1.82) is 0 Å². The molecule has 0 saturated carbocycles. The second-order valence-electron chi connectivity index (χ2n) is 7.40. The summed E-state index contributed by atoms with van der Waals surface area (Å²) in [7, 11) is 3.11. The predicted octanol–water partition coefficient (Wildman–Crippen LogP) is 5.96. The minimum atomic E-state index is -0.371. The van der Waals surface area contributed by atoms with Crippen LogP contribution in [-0.2, 0) is 6.61 Å². The summed E-state index contributed by atoms with van der Waals surface area (Å²) in [6.45, 7) is 0.417. The van der Waals surface area contributed by atoms with Crippen molar-refractivity contribution in [2.45, 2.75) is 6.61 Å². The van der Waals surface area contributed by atoms with E-state index in [4.69, 9.17) is 14.2 Å². The molecule has 34 heavy (non-hydrogen) atoms. The number of nitrogens with zero attached hydrogens (tertiary/aromatic N) is 1. The van der Waals surface area contributed by atoms with Gasteiger partial charge in [0.25, 0.3) is 5.91 Å². The number of hydrazone groups is 1. The van der Waals surface area contributed by atoms with Crippen LogP contribution < -0.4 is 19.6 Å². The number of hydrogen-bond donors (Lipinski definition) is 1. The Labute approximate surface area is 206 Å². The van der Waals surface area contributed by atoms with Gasteiger partial charge in [-0.3, -0.25) is 4.79 Å². The molecule has 4 aromatic carbocycles. The summed E-state index contributed by atoms with van der Waals surface area (Å²) in [5.41, 5.74) is 4.74. The third-order valence-electron chi connectivity index (χ3n) is 5.20. The van der Waals surface area contributed by atoms with E-state index in [0.29, 0.717) is 29.4 Å². The highest BCUT2D eigenvalue weighted by Crippen LogP contribution is 2.33. The number of rotatable bonds is 8. The topological polar surface area (TPSA) is 69.2 Å². The Morgan fingerprint density at radius 1 is 0.882 bits per heavy atom. The van der Waals surface area contributed by atoms with E-state index in [1.54, 1.807) is 25.5 Å². The van der Waals surface area contributed by atoms with E-state index in [9.17, 15) is 4.79 Å². The zero-order chi connectivity index (χ0) is 23.9. The highest BCUT2D eigenvalue weighted by Gasteiger charge is 2.14. The minimum absolute atomic E-state index is 0.371. The lowest BCUT2D eigenvalue weighted by molar-refractivity contribution is 0.0952. The molecule has 0 saturated heterocycles. The van der Waals surface area contributed by atoms with Crippen molar-refractivity contribution in [3.05, 3.63) is 100 Å². The summed E-state index contributed by atoms with van der Waals surface area (Å²) in [6.07, 6.45) is 1.54. The number of ether oxygens (including phenoxy) is 3. The number of carbonyl (C=O) groups excluding carboxylic acids is 1. The molecule has 0 aliphatic rings. The van der Waals surface area contributed by atoms with Gasteiger partial charge in [0.1, 0.15) is 12.4 Å². The number of methoxy groups -OCH3 is 2. The first-order valence-electron chi connectivity index (χ1n) is 10.5. The molecule has 0 bridgehead atoms. The molecule has 0 spiro atoms. The van der Waals surface area contributed by atoms with E-state index in [-0.39, 0.29) is 5.91 Å². The summed E-state index contributed by atoms with van der Waals surface area (Å²) in [4.78, 5) is 12.8. The van der Waals surface area contributed by atoms with Crippen molar-refractivity contribution >= 4 is 38.8 Å². The summed E-state index contributed by atoms with van der Waals surface area (Å²) >= 11 is 3.54. The van der Waals surface area contributed by atoms with Crippen molar-refractivity contribution in [3.8, 4) is 17.2 Å². The average molecular weight is 519 g/mol. The molecule has 0 aliphatic carbocycles. The second kappa shape index (κ2) is 10.9. The Balaban J connectivity index is 1.49. The van der Waals surface area contributed by atoms with Gasteiger partial charge in [-0.1, -0.05) is 54.6 Å². The van der Waals surface area contributed by atoms with Crippen molar-refractivity contribution in [1.82, 2.24) is 5.43 Å². The van der Waals surface area contributed by atoms with E-state index in [1.165, 1.54) is 7.11 Å². The van der Waals surface area contributed by atoms with Crippen molar-refractivity contribution < 1.29 is 19.0 Å². The maximum atomic E-state index is 12.8. The molecular formula is C27H23BrN2O4. The van der Waals surface area contributed by atoms with Gasteiger partial charge in [-0.25, -0.2) is 5.43 Å². The Bertz CT molecular complexity index is 1340. The first kappa shape index (κ1) is 23.3. The number of fused-ring (bicyclic) bond motifs is 1. The van der Waals surface area contributed by atoms with Gasteiger partial charge in [0, 0.05) is 10.0 Å². The maximum Gasteiger partial charge on any atom is 0.275 e. The maximum absolute atomic E-state index is 12.8. The third kappa shape index (κ3) is 5.38. The van der Waals surface area contributed by atoms with Crippen LogP contribution in [0.25, 0.3) is 10.8 Å². The van der Waals surface area contributed by atoms with E-state index in [2.05, 4.69) is 26.5 Å². The molecule has 1 N–H and O–H groups in total. The molecule has 1 amide bonds.